The lowest BCUT2D eigenvalue weighted by Gasteiger charge is -2.26. The number of nitrogens with one attached hydrogen (secondary N) is 1. The van der Waals surface area contributed by atoms with Crippen LogP contribution in [-0.2, 0) is 22.2 Å². The number of carbonyl (C=O) groups is 1. The van der Waals surface area contributed by atoms with Crippen LogP contribution in [0.5, 0.6) is 0 Å². The van der Waals surface area contributed by atoms with Crippen molar-refractivity contribution >= 4 is 15.9 Å². The molecule has 0 aromatic heterocycles. The average Bonchev–Trinajstić information content (AvgIpc) is 3.24. The van der Waals surface area contributed by atoms with E-state index in [1.54, 1.807) is 28.6 Å². The highest BCUT2D eigenvalue weighted by Gasteiger charge is 2.26. The Balaban J connectivity index is 1.42. The molecule has 1 aliphatic carbocycles. The van der Waals surface area contributed by atoms with Gasteiger partial charge in [-0.05, 0) is 60.9 Å². The first-order valence-electron chi connectivity index (χ1n) is 9.98. The lowest BCUT2D eigenvalue weighted by Crippen LogP contribution is -2.31. The number of benzene rings is 2. The zero-order chi connectivity index (χ0) is 19.6. The topological polar surface area (TPSA) is 66.5 Å². The van der Waals surface area contributed by atoms with Gasteiger partial charge in [-0.25, -0.2) is 12.7 Å². The van der Waals surface area contributed by atoms with Crippen LogP contribution in [0.1, 0.15) is 58.8 Å². The maximum absolute atomic E-state index is 12.7. The Kier molecular flexibility index (Phi) is 5.51. The fourth-order valence-corrected chi connectivity index (χ4v) is 5.78. The predicted octanol–water partition coefficient (Wildman–Crippen LogP) is 3.42. The van der Waals surface area contributed by atoms with E-state index >= 15 is 0 Å². The largest absolute Gasteiger partial charge is 0.345 e. The van der Waals surface area contributed by atoms with Crippen LogP contribution in [0.25, 0.3) is 0 Å². The van der Waals surface area contributed by atoms with E-state index in [9.17, 15) is 13.2 Å². The Morgan fingerprint density at radius 1 is 1.00 bits per heavy atom. The number of hydrogen-bond donors (Lipinski definition) is 1. The predicted molar refractivity (Wildman–Crippen MR) is 109 cm³/mol. The van der Waals surface area contributed by atoms with E-state index in [1.165, 1.54) is 11.1 Å². The minimum atomic E-state index is -3.27. The van der Waals surface area contributed by atoms with Gasteiger partial charge in [0.25, 0.3) is 5.91 Å². The van der Waals surface area contributed by atoms with Crippen LogP contribution in [0, 0.1) is 0 Å². The van der Waals surface area contributed by atoms with E-state index in [-0.39, 0.29) is 17.7 Å². The van der Waals surface area contributed by atoms with E-state index in [4.69, 9.17) is 0 Å². The molecule has 4 rings (SSSR count). The van der Waals surface area contributed by atoms with Crippen LogP contribution < -0.4 is 5.32 Å². The average molecular weight is 399 g/mol. The first-order valence-corrected chi connectivity index (χ1v) is 11.6. The second kappa shape index (κ2) is 8.05. The van der Waals surface area contributed by atoms with Crippen LogP contribution in [0.4, 0.5) is 0 Å². The molecule has 5 nitrogen and oxygen atoms in total. The van der Waals surface area contributed by atoms with Crippen LogP contribution in [0.3, 0.4) is 0 Å². The van der Waals surface area contributed by atoms with Crippen molar-refractivity contribution in [2.75, 3.05) is 13.1 Å². The van der Waals surface area contributed by atoms with Gasteiger partial charge in [-0.3, -0.25) is 4.79 Å². The fraction of sp³-hybridized carbons (Fsp3) is 0.409. The number of fused-ring (bicyclic) bond motifs is 1. The molecule has 1 saturated heterocycles. The monoisotopic (exact) mass is 398 g/mol. The molecule has 0 bridgehead atoms. The minimum absolute atomic E-state index is 0.00903. The molecule has 1 N–H and O–H groups in total. The van der Waals surface area contributed by atoms with Crippen LogP contribution in [-0.4, -0.2) is 31.7 Å². The summed E-state index contributed by atoms with van der Waals surface area (Å²) in [6.45, 7) is 1.23. The Labute approximate surface area is 166 Å². The van der Waals surface area contributed by atoms with Crippen molar-refractivity contribution in [2.24, 2.45) is 0 Å². The van der Waals surface area contributed by atoms with Crippen molar-refractivity contribution in [1.29, 1.82) is 0 Å². The lowest BCUT2D eigenvalue weighted by molar-refractivity contribution is 0.0932. The van der Waals surface area contributed by atoms with Gasteiger partial charge in [0.05, 0.1) is 11.8 Å². The summed E-state index contributed by atoms with van der Waals surface area (Å²) in [4.78, 5) is 12.7. The van der Waals surface area contributed by atoms with E-state index in [0.717, 1.165) is 32.1 Å². The quantitative estimate of drug-likeness (QED) is 0.839. The highest BCUT2D eigenvalue weighted by molar-refractivity contribution is 7.88. The summed E-state index contributed by atoms with van der Waals surface area (Å²) in [7, 11) is -3.27. The molecule has 1 unspecified atom stereocenters. The zero-order valence-electron chi connectivity index (χ0n) is 15.9. The van der Waals surface area contributed by atoms with Gasteiger partial charge in [-0.15, -0.1) is 0 Å². The molecule has 1 amide bonds. The third-order valence-corrected chi connectivity index (χ3v) is 7.55. The van der Waals surface area contributed by atoms with E-state index in [1.807, 2.05) is 12.1 Å². The molecule has 0 spiro atoms. The molecular weight excluding hydrogens is 372 g/mol. The van der Waals surface area contributed by atoms with Gasteiger partial charge in [0.15, 0.2) is 0 Å². The van der Waals surface area contributed by atoms with Crippen molar-refractivity contribution in [3.8, 4) is 0 Å². The van der Waals surface area contributed by atoms with Gasteiger partial charge in [0, 0.05) is 18.7 Å². The van der Waals surface area contributed by atoms with Crippen molar-refractivity contribution < 1.29 is 13.2 Å². The molecule has 0 radical (unpaired) electrons. The Morgan fingerprint density at radius 2 is 1.71 bits per heavy atom. The van der Waals surface area contributed by atoms with E-state index in [0.29, 0.717) is 24.2 Å². The Morgan fingerprint density at radius 3 is 2.46 bits per heavy atom. The lowest BCUT2D eigenvalue weighted by atomic mass is 9.87. The zero-order valence-corrected chi connectivity index (χ0v) is 16.7. The summed E-state index contributed by atoms with van der Waals surface area (Å²) in [5.74, 6) is -0.124. The van der Waals surface area contributed by atoms with E-state index in [2.05, 4.69) is 17.4 Å². The van der Waals surface area contributed by atoms with Crippen LogP contribution in [0.2, 0.25) is 0 Å². The minimum Gasteiger partial charge on any atom is -0.345 e. The molecule has 2 aromatic carbocycles. The van der Waals surface area contributed by atoms with Gasteiger partial charge in [-0.2, -0.15) is 0 Å². The maximum atomic E-state index is 12.7. The first-order chi connectivity index (χ1) is 13.5. The first kappa shape index (κ1) is 19.2. The molecule has 1 atom stereocenters. The SMILES string of the molecule is O=C(NC1CCCc2ccccc21)c1ccc(CS(=O)(=O)N2CCCC2)cc1. The molecule has 1 aliphatic heterocycles. The normalized spacial score (nSPS) is 19.9. The van der Waals surface area contributed by atoms with Crippen molar-refractivity contribution in [3.05, 3.63) is 70.8 Å². The third-order valence-electron chi connectivity index (χ3n) is 5.70. The number of rotatable bonds is 5. The molecule has 6 heteroatoms. The molecule has 1 heterocycles. The van der Waals surface area contributed by atoms with Crippen LogP contribution in [0.15, 0.2) is 48.5 Å². The number of carbonyl (C=O) groups excluding carboxylic acids is 1. The molecule has 28 heavy (non-hydrogen) atoms. The molecule has 148 valence electrons. The second-order valence-corrected chi connectivity index (χ2v) is 9.65. The summed E-state index contributed by atoms with van der Waals surface area (Å²) in [6, 6.07) is 15.2. The molecule has 1 fully saturated rings. The summed E-state index contributed by atoms with van der Waals surface area (Å²) in [6.07, 6.45) is 4.93. The standard InChI is InChI=1S/C22H26N2O3S/c25-22(23-21-9-5-7-18-6-1-2-8-20(18)21)19-12-10-17(11-13-19)16-28(26,27)24-14-3-4-15-24/h1-2,6,8,10-13,21H,3-5,7,9,14-16H2,(H,23,25). The smallest absolute Gasteiger partial charge is 0.251 e. The van der Waals surface area contributed by atoms with Gasteiger partial charge in [0.2, 0.25) is 10.0 Å². The van der Waals surface area contributed by atoms with Crippen molar-refractivity contribution in [1.82, 2.24) is 9.62 Å². The third kappa shape index (κ3) is 4.13. The number of nitrogens with zero attached hydrogens (tertiary/aromatic N) is 1. The maximum Gasteiger partial charge on any atom is 0.251 e. The summed E-state index contributed by atoms with van der Waals surface area (Å²) in [5, 5.41) is 3.14. The summed E-state index contributed by atoms with van der Waals surface area (Å²) >= 11 is 0. The highest BCUT2D eigenvalue weighted by Crippen LogP contribution is 2.29. The summed E-state index contributed by atoms with van der Waals surface area (Å²) < 4.78 is 26.5. The Hall–Kier alpha value is -2.18. The Bertz CT molecular complexity index is 948. The second-order valence-electron chi connectivity index (χ2n) is 7.68. The highest BCUT2D eigenvalue weighted by atomic mass is 32.2. The molecule has 2 aromatic rings. The number of hydrogen-bond acceptors (Lipinski definition) is 3. The van der Waals surface area contributed by atoms with Gasteiger partial charge in [0.1, 0.15) is 0 Å². The van der Waals surface area contributed by atoms with E-state index < -0.39 is 10.0 Å². The fourth-order valence-electron chi connectivity index (χ4n) is 4.17. The van der Waals surface area contributed by atoms with Crippen LogP contribution >= 0.6 is 0 Å². The number of sulfonamides is 1. The molecule has 2 aliphatic rings. The van der Waals surface area contributed by atoms with Crippen molar-refractivity contribution in [3.63, 3.8) is 0 Å². The van der Waals surface area contributed by atoms with Gasteiger partial charge >= 0.3 is 0 Å². The molecule has 0 saturated carbocycles. The summed E-state index contributed by atoms with van der Waals surface area (Å²) in [5.41, 5.74) is 3.79. The molecular formula is C22H26N2O3S. The van der Waals surface area contributed by atoms with Gasteiger partial charge < -0.3 is 5.32 Å². The van der Waals surface area contributed by atoms with Crippen molar-refractivity contribution in [2.45, 2.75) is 43.9 Å². The number of aryl methyl sites for hydroxylation is 1. The van der Waals surface area contributed by atoms with Gasteiger partial charge in [-0.1, -0.05) is 36.4 Å². The number of amides is 1.